The van der Waals surface area contributed by atoms with Crippen molar-refractivity contribution in [2.45, 2.75) is 6.42 Å². The fourth-order valence-corrected chi connectivity index (χ4v) is 3.10. The van der Waals surface area contributed by atoms with Crippen LogP contribution in [0.4, 0.5) is 0 Å². The molecule has 3 rings (SSSR count). The normalized spacial score (nSPS) is 17.3. The monoisotopic (exact) mass is 374 g/mol. The van der Waals surface area contributed by atoms with Gasteiger partial charge in [0.1, 0.15) is 11.5 Å². The molecule has 1 heterocycles. The molecule has 120 valence electrons. The van der Waals surface area contributed by atoms with E-state index in [-0.39, 0.29) is 5.91 Å². The summed E-state index contributed by atoms with van der Waals surface area (Å²) in [6.07, 6.45) is 0.992. The molecule has 0 radical (unpaired) electrons. The molecule has 0 aromatic heterocycles. The van der Waals surface area contributed by atoms with Gasteiger partial charge in [-0.05, 0) is 61.3 Å². The van der Waals surface area contributed by atoms with Gasteiger partial charge >= 0.3 is 0 Å². The Hall–Kier alpha value is -1.85. The van der Waals surface area contributed by atoms with E-state index in [9.17, 15) is 4.79 Å². The predicted molar refractivity (Wildman–Crippen MR) is 93.7 cm³/mol. The van der Waals surface area contributed by atoms with Crippen molar-refractivity contribution in [3.63, 3.8) is 0 Å². The van der Waals surface area contributed by atoms with E-state index in [4.69, 9.17) is 10.5 Å². The molecule has 4 nitrogen and oxygen atoms in total. The summed E-state index contributed by atoms with van der Waals surface area (Å²) in [5.41, 5.74) is 6.37. The molecule has 23 heavy (non-hydrogen) atoms. The molecule has 2 aromatic rings. The zero-order valence-corrected chi connectivity index (χ0v) is 14.3. The SMILES string of the molecule is NC[C@@H]1CCN(C(=O)c2ccc(Oc3cccc(Br)c3)cc2)C1. The average molecular weight is 375 g/mol. The van der Waals surface area contributed by atoms with E-state index in [1.807, 2.05) is 53.4 Å². The van der Waals surface area contributed by atoms with Crippen molar-refractivity contribution >= 4 is 21.8 Å². The highest BCUT2D eigenvalue weighted by molar-refractivity contribution is 9.10. The third-order valence-electron chi connectivity index (χ3n) is 4.04. The minimum Gasteiger partial charge on any atom is -0.457 e. The van der Waals surface area contributed by atoms with E-state index in [0.29, 0.717) is 23.8 Å². The van der Waals surface area contributed by atoms with Gasteiger partial charge in [-0.1, -0.05) is 22.0 Å². The van der Waals surface area contributed by atoms with Gasteiger partial charge in [-0.15, -0.1) is 0 Å². The maximum absolute atomic E-state index is 12.5. The molecule has 2 aromatic carbocycles. The summed E-state index contributed by atoms with van der Waals surface area (Å²) in [7, 11) is 0. The van der Waals surface area contributed by atoms with Gasteiger partial charge in [0.2, 0.25) is 0 Å². The third-order valence-corrected chi connectivity index (χ3v) is 4.53. The maximum Gasteiger partial charge on any atom is 0.253 e. The maximum atomic E-state index is 12.5. The van der Waals surface area contributed by atoms with Gasteiger partial charge < -0.3 is 15.4 Å². The van der Waals surface area contributed by atoms with Crippen molar-refractivity contribution < 1.29 is 9.53 Å². The quantitative estimate of drug-likeness (QED) is 0.888. The van der Waals surface area contributed by atoms with Gasteiger partial charge in [0.15, 0.2) is 0 Å². The average Bonchev–Trinajstić information content (AvgIpc) is 3.04. The summed E-state index contributed by atoms with van der Waals surface area (Å²) < 4.78 is 6.75. The van der Waals surface area contributed by atoms with Crippen LogP contribution in [0.5, 0.6) is 11.5 Å². The Labute approximate surface area is 144 Å². The number of likely N-dealkylation sites (tertiary alicyclic amines) is 1. The number of hydrogen-bond acceptors (Lipinski definition) is 3. The Morgan fingerprint density at radius 2 is 2.00 bits per heavy atom. The largest absolute Gasteiger partial charge is 0.457 e. The summed E-state index contributed by atoms with van der Waals surface area (Å²) in [5, 5.41) is 0. The highest BCUT2D eigenvalue weighted by atomic mass is 79.9. The van der Waals surface area contributed by atoms with Crippen LogP contribution in [0.25, 0.3) is 0 Å². The fraction of sp³-hybridized carbons (Fsp3) is 0.278. The van der Waals surface area contributed by atoms with Crippen LogP contribution in [0, 0.1) is 5.92 Å². The first kappa shape index (κ1) is 16.0. The number of nitrogens with zero attached hydrogens (tertiary/aromatic N) is 1. The molecule has 0 bridgehead atoms. The smallest absolute Gasteiger partial charge is 0.253 e. The second kappa shape index (κ2) is 7.15. The second-order valence-electron chi connectivity index (χ2n) is 5.73. The zero-order chi connectivity index (χ0) is 16.2. The lowest BCUT2D eigenvalue weighted by Crippen LogP contribution is -2.29. The molecule has 0 aliphatic carbocycles. The Morgan fingerprint density at radius 3 is 2.65 bits per heavy atom. The van der Waals surface area contributed by atoms with Gasteiger partial charge in [0.05, 0.1) is 0 Å². The molecule has 0 spiro atoms. The molecular weight excluding hydrogens is 356 g/mol. The number of rotatable bonds is 4. The van der Waals surface area contributed by atoms with Crippen LogP contribution in [0.3, 0.4) is 0 Å². The fourth-order valence-electron chi connectivity index (χ4n) is 2.72. The van der Waals surface area contributed by atoms with Crippen LogP contribution in [0.1, 0.15) is 16.8 Å². The summed E-state index contributed by atoms with van der Waals surface area (Å²) in [5.74, 6) is 1.96. The van der Waals surface area contributed by atoms with E-state index >= 15 is 0 Å². The van der Waals surface area contributed by atoms with Crippen molar-refractivity contribution in [1.29, 1.82) is 0 Å². The van der Waals surface area contributed by atoms with Crippen molar-refractivity contribution in [3.05, 3.63) is 58.6 Å². The lowest BCUT2D eigenvalue weighted by atomic mass is 10.1. The zero-order valence-electron chi connectivity index (χ0n) is 12.7. The van der Waals surface area contributed by atoms with Gasteiger partial charge in [-0.25, -0.2) is 0 Å². The molecule has 1 atom stereocenters. The van der Waals surface area contributed by atoms with Gasteiger partial charge in [-0.2, -0.15) is 0 Å². The van der Waals surface area contributed by atoms with Crippen LogP contribution in [0.2, 0.25) is 0 Å². The molecule has 1 aliphatic rings. The Balaban J connectivity index is 1.66. The molecule has 1 amide bonds. The van der Waals surface area contributed by atoms with E-state index < -0.39 is 0 Å². The molecule has 1 fully saturated rings. The van der Waals surface area contributed by atoms with Crippen LogP contribution in [0.15, 0.2) is 53.0 Å². The molecule has 1 aliphatic heterocycles. The minimum absolute atomic E-state index is 0.0648. The first-order chi connectivity index (χ1) is 11.2. The number of benzene rings is 2. The third kappa shape index (κ3) is 3.92. The summed E-state index contributed by atoms with van der Waals surface area (Å²) >= 11 is 3.42. The van der Waals surface area contributed by atoms with E-state index in [1.54, 1.807) is 0 Å². The molecule has 0 saturated carbocycles. The van der Waals surface area contributed by atoms with Crippen molar-refractivity contribution in [1.82, 2.24) is 4.90 Å². The van der Waals surface area contributed by atoms with E-state index in [2.05, 4.69) is 15.9 Å². The molecule has 5 heteroatoms. The Morgan fingerprint density at radius 1 is 1.22 bits per heavy atom. The van der Waals surface area contributed by atoms with Crippen LogP contribution < -0.4 is 10.5 Å². The highest BCUT2D eigenvalue weighted by Gasteiger charge is 2.25. The van der Waals surface area contributed by atoms with Crippen LogP contribution in [-0.4, -0.2) is 30.4 Å². The second-order valence-corrected chi connectivity index (χ2v) is 6.64. The van der Waals surface area contributed by atoms with E-state index in [0.717, 1.165) is 29.7 Å². The number of halogens is 1. The van der Waals surface area contributed by atoms with Crippen LogP contribution in [-0.2, 0) is 0 Å². The number of carbonyl (C=O) groups excluding carboxylic acids is 1. The molecule has 2 N–H and O–H groups in total. The van der Waals surface area contributed by atoms with Crippen molar-refractivity contribution in [2.24, 2.45) is 11.7 Å². The lowest BCUT2D eigenvalue weighted by molar-refractivity contribution is 0.0787. The summed E-state index contributed by atoms with van der Waals surface area (Å²) in [4.78, 5) is 14.3. The molecule has 0 unspecified atom stereocenters. The minimum atomic E-state index is 0.0648. The predicted octanol–water partition coefficient (Wildman–Crippen LogP) is 3.66. The van der Waals surface area contributed by atoms with E-state index in [1.165, 1.54) is 0 Å². The number of nitrogens with two attached hydrogens (primary N) is 1. The molecular formula is C18H19BrN2O2. The molecule has 1 saturated heterocycles. The standard InChI is InChI=1S/C18H19BrN2O2/c19-15-2-1-3-17(10-15)23-16-6-4-14(5-7-16)18(22)21-9-8-13(11-20)12-21/h1-7,10,13H,8-9,11-12,20H2/t13-/m0/s1. The number of ether oxygens (including phenoxy) is 1. The first-order valence-electron chi connectivity index (χ1n) is 7.68. The Kier molecular flexibility index (Phi) is 4.98. The lowest BCUT2D eigenvalue weighted by Gasteiger charge is -2.16. The summed E-state index contributed by atoms with van der Waals surface area (Å²) in [6, 6.07) is 14.9. The number of hydrogen-bond donors (Lipinski definition) is 1. The summed E-state index contributed by atoms with van der Waals surface area (Å²) in [6.45, 7) is 2.19. The number of amides is 1. The van der Waals surface area contributed by atoms with Gasteiger partial charge in [-0.3, -0.25) is 4.79 Å². The topological polar surface area (TPSA) is 55.6 Å². The van der Waals surface area contributed by atoms with Crippen LogP contribution >= 0.6 is 15.9 Å². The first-order valence-corrected chi connectivity index (χ1v) is 8.48. The number of carbonyl (C=O) groups is 1. The van der Waals surface area contributed by atoms with Gasteiger partial charge in [0.25, 0.3) is 5.91 Å². The van der Waals surface area contributed by atoms with Crippen molar-refractivity contribution in [3.8, 4) is 11.5 Å². The highest BCUT2D eigenvalue weighted by Crippen LogP contribution is 2.25. The Bertz CT molecular complexity index is 688. The van der Waals surface area contributed by atoms with Crippen molar-refractivity contribution in [2.75, 3.05) is 19.6 Å². The van der Waals surface area contributed by atoms with Gasteiger partial charge in [0, 0.05) is 23.1 Å².